The topological polar surface area (TPSA) is 29.5 Å². The molecule has 1 N–H and O–H groups in total. The lowest BCUT2D eigenvalue weighted by Crippen LogP contribution is -2.06. The predicted molar refractivity (Wildman–Crippen MR) is 82.2 cm³/mol. The van der Waals surface area contributed by atoms with Crippen molar-refractivity contribution >= 4 is 0 Å². The quantitative estimate of drug-likeness (QED) is 0.888. The van der Waals surface area contributed by atoms with Crippen LogP contribution in [0.1, 0.15) is 42.2 Å². The molecule has 2 heteroatoms. The number of ether oxygens (including phenoxy) is 1. The Hall–Kier alpha value is -1.80. The van der Waals surface area contributed by atoms with E-state index in [1.54, 1.807) is 0 Å². The zero-order valence-electron chi connectivity index (χ0n) is 12.4. The maximum atomic E-state index is 10.8. The van der Waals surface area contributed by atoms with E-state index >= 15 is 0 Å². The fourth-order valence-corrected chi connectivity index (χ4v) is 2.46. The molecule has 2 rings (SSSR count). The van der Waals surface area contributed by atoms with Gasteiger partial charge in [0.15, 0.2) is 0 Å². The van der Waals surface area contributed by atoms with E-state index < -0.39 is 6.10 Å². The minimum atomic E-state index is -0.646. The van der Waals surface area contributed by atoms with Gasteiger partial charge in [-0.25, -0.2) is 0 Å². The van der Waals surface area contributed by atoms with Crippen molar-refractivity contribution in [2.75, 3.05) is 6.61 Å². The van der Waals surface area contributed by atoms with Crippen LogP contribution in [0.5, 0.6) is 5.75 Å². The summed E-state index contributed by atoms with van der Waals surface area (Å²) in [6, 6.07) is 14.0. The average molecular weight is 270 g/mol. The molecule has 0 heterocycles. The van der Waals surface area contributed by atoms with Gasteiger partial charge in [0.1, 0.15) is 11.9 Å². The Balaban J connectivity index is 2.46. The van der Waals surface area contributed by atoms with Crippen LogP contribution in [-0.4, -0.2) is 11.7 Å². The molecule has 0 saturated heterocycles. The predicted octanol–water partition coefficient (Wildman–Crippen LogP) is 4.04. The molecule has 2 nitrogen and oxygen atoms in total. The number of rotatable bonds is 5. The SMILES string of the molecule is CCOc1ccc(C)cc1C(O)c1ccccc1CC. The van der Waals surface area contributed by atoms with Gasteiger partial charge in [-0.05, 0) is 43.5 Å². The maximum absolute atomic E-state index is 10.8. The molecule has 2 aromatic carbocycles. The summed E-state index contributed by atoms with van der Waals surface area (Å²) < 4.78 is 5.65. The normalized spacial score (nSPS) is 12.2. The molecule has 2 aromatic rings. The summed E-state index contributed by atoms with van der Waals surface area (Å²) in [7, 11) is 0. The van der Waals surface area contributed by atoms with Gasteiger partial charge in [0.2, 0.25) is 0 Å². The lowest BCUT2D eigenvalue weighted by Gasteiger charge is -2.19. The minimum Gasteiger partial charge on any atom is -0.493 e. The molecule has 0 aliphatic carbocycles. The van der Waals surface area contributed by atoms with Crippen LogP contribution in [0.4, 0.5) is 0 Å². The van der Waals surface area contributed by atoms with Crippen LogP contribution >= 0.6 is 0 Å². The summed E-state index contributed by atoms with van der Waals surface area (Å²) in [4.78, 5) is 0. The second kappa shape index (κ2) is 6.58. The van der Waals surface area contributed by atoms with E-state index in [9.17, 15) is 5.11 Å². The van der Waals surface area contributed by atoms with Gasteiger partial charge in [0.25, 0.3) is 0 Å². The second-order valence-corrected chi connectivity index (χ2v) is 4.93. The molecule has 0 aromatic heterocycles. The third-order valence-corrected chi connectivity index (χ3v) is 3.49. The first-order chi connectivity index (χ1) is 9.67. The van der Waals surface area contributed by atoms with Gasteiger partial charge in [0.05, 0.1) is 6.61 Å². The first kappa shape index (κ1) is 14.6. The Morgan fingerprint density at radius 1 is 1.05 bits per heavy atom. The Labute approximate surface area is 121 Å². The van der Waals surface area contributed by atoms with E-state index in [1.165, 1.54) is 5.56 Å². The summed E-state index contributed by atoms with van der Waals surface area (Å²) in [5.74, 6) is 0.761. The van der Waals surface area contributed by atoms with Gasteiger partial charge in [-0.15, -0.1) is 0 Å². The highest BCUT2D eigenvalue weighted by Crippen LogP contribution is 2.32. The summed E-state index contributed by atoms with van der Waals surface area (Å²) in [5.41, 5.74) is 4.09. The van der Waals surface area contributed by atoms with Gasteiger partial charge in [-0.2, -0.15) is 0 Å². The van der Waals surface area contributed by atoms with Crippen LogP contribution < -0.4 is 4.74 Å². The van der Waals surface area contributed by atoms with E-state index in [2.05, 4.69) is 13.0 Å². The second-order valence-electron chi connectivity index (χ2n) is 4.93. The van der Waals surface area contributed by atoms with Crippen molar-refractivity contribution in [2.24, 2.45) is 0 Å². The van der Waals surface area contributed by atoms with Crippen molar-refractivity contribution in [2.45, 2.75) is 33.3 Å². The Bertz CT molecular complexity index is 575. The molecule has 0 radical (unpaired) electrons. The number of hydrogen-bond donors (Lipinski definition) is 1. The van der Waals surface area contributed by atoms with Gasteiger partial charge in [-0.1, -0.05) is 42.8 Å². The van der Waals surface area contributed by atoms with E-state index in [1.807, 2.05) is 50.2 Å². The van der Waals surface area contributed by atoms with Crippen LogP contribution in [0.3, 0.4) is 0 Å². The number of aryl methyl sites for hydroxylation is 2. The highest BCUT2D eigenvalue weighted by atomic mass is 16.5. The number of aliphatic hydroxyl groups is 1. The van der Waals surface area contributed by atoms with Crippen molar-refractivity contribution in [3.05, 3.63) is 64.7 Å². The van der Waals surface area contributed by atoms with Gasteiger partial charge in [-0.3, -0.25) is 0 Å². The van der Waals surface area contributed by atoms with E-state index in [-0.39, 0.29) is 0 Å². The molecule has 0 spiro atoms. The molecular formula is C18H22O2. The summed E-state index contributed by atoms with van der Waals surface area (Å²) in [6.07, 6.45) is 0.260. The molecule has 1 atom stereocenters. The van der Waals surface area contributed by atoms with Gasteiger partial charge >= 0.3 is 0 Å². The Kier molecular flexibility index (Phi) is 4.80. The number of benzene rings is 2. The highest BCUT2D eigenvalue weighted by Gasteiger charge is 2.18. The third-order valence-electron chi connectivity index (χ3n) is 3.49. The molecule has 0 saturated carbocycles. The maximum Gasteiger partial charge on any atom is 0.125 e. The number of hydrogen-bond acceptors (Lipinski definition) is 2. The van der Waals surface area contributed by atoms with Crippen LogP contribution in [0, 0.1) is 6.92 Å². The van der Waals surface area contributed by atoms with E-state index in [0.29, 0.717) is 6.61 Å². The third kappa shape index (κ3) is 3.02. The Morgan fingerprint density at radius 3 is 2.50 bits per heavy atom. The van der Waals surface area contributed by atoms with Crippen LogP contribution in [0.2, 0.25) is 0 Å². The largest absolute Gasteiger partial charge is 0.493 e. The molecule has 1 unspecified atom stereocenters. The van der Waals surface area contributed by atoms with Crippen molar-refractivity contribution in [3.8, 4) is 5.75 Å². The van der Waals surface area contributed by atoms with Crippen molar-refractivity contribution in [3.63, 3.8) is 0 Å². The molecule has 0 aliphatic rings. The fraction of sp³-hybridized carbons (Fsp3) is 0.333. The van der Waals surface area contributed by atoms with Crippen LogP contribution in [-0.2, 0) is 6.42 Å². The molecule has 106 valence electrons. The summed E-state index contributed by atoms with van der Waals surface area (Å²) >= 11 is 0. The molecule has 20 heavy (non-hydrogen) atoms. The standard InChI is InChI=1S/C18H22O2/c1-4-14-8-6-7-9-15(14)18(19)16-12-13(3)10-11-17(16)20-5-2/h6-12,18-19H,4-5H2,1-3H3. The molecular weight excluding hydrogens is 248 g/mol. The smallest absolute Gasteiger partial charge is 0.125 e. The van der Waals surface area contributed by atoms with Crippen molar-refractivity contribution in [1.82, 2.24) is 0 Å². The minimum absolute atomic E-state index is 0.595. The summed E-state index contributed by atoms with van der Waals surface area (Å²) in [6.45, 7) is 6.68. The highest BCUT2D eigenvalue weighted by molar-refractivity contribution is 5.44. The lowest BCUT2D eigenvalue weighted by molar-refractivity contribution is 0.211. The summed E-state index contributed by atoms with van der Waals surface area (Å²) in [5, 5.41) is 10.8. The zero-order chi connectivity index (χ0) is 14.5. The number of aliphatic hydroxyl groups excluding tert-OH is 1. The van der Waals surface area contributed by atoms with Crippen molar-refractivity contribution in [1.29, 1.82) is 0 Å². The average Bonchev–Trinajstić information content (AvgIpc) is 2.48. The zero-order valence-corrected chi connectivity index (χ0v) is 12.4. The first-order valence-electron chi connectivity index (χ1n) is 7.16. The monoisotopic (exact) mass is 270 g/mol. The van der Waals surface area contributed by atoms with Crippen LogP contribution in [0.25, 0.3) is 0 Å². The first-order valence-corrected chi connectivity index (χ1v) is 7.16. The Morgan fingerprint density at radius 2 is 1.80 bits per heavy atom. The van der Waals surface area contributed by atoms with E-state index in [4.69, 9.17) is 4.74 Å². The van der Waals surface area contributed by atoms with Gasteiger partial charge < -0.3 is 9.84 Å². The fourth-order valence-electron chi connectivity index (χ4n) is 2.46. The van der Waals surface area contributed by atoms with E-state index in [0.717, 1.165) is 28.9 Å². The van der Waals surface area contributed by atoms with Crippen LogP contribution in [0.15, 0.2) is 42.5 Å². The lowest BCUT2D eigenvalue weighted by atomic mass is 9.94. The van der Waals surface area contributed by atoms with Crippen molar-refractivity contribution < 1.29 is 9.84 Å². The molecule has 0 fully saturated rings. The molecule has 0 bridgehead atoms. The molecule has 0 aliphatic heterocycles. The van der Waals surface area contributed by atoms with Gasteiger partial charge in [0, 0.05) is 5.56 Å². The molecule has 0 amide bonds.